The van der Waals surface area contributed by atoms with Crippen LogP contribution in [0, 0.1) is 5.92 Å². The van der Waals surface area contributed by atoms with Gasteiger partial charge < -0.3 is 10.6 Å². The Kier molecular flexibility index (Phi) is 8.75. The Hall–Kier alpha value is -1.09. The summed E-state index contributed by atoms with van der Waals surface area (Å²) in [5.74, 6) is 1.71. The van der Waals surface area contributed by atoms with E-state index < -0.39 is 0 Å². The molecule has 0 saturated carbocycles. The summed E-state index contributed by atoms with van der Waals surface area (Å²) in [4.78, 5) is 0. The van der Waals surface area contributed by atoms with E-state index in [1.807, 2.05) is 0 Å². The molecule has 1 aromatic carbocycles. The molecule has 136 valence electrons. The lowest BCUT2D eigenvalue weighted by Crippen LogP contribution is -2.37. The van der Waals surface area contributed by atoms with Crippen LogP contribution in [0.1, 0.15) is 90.7 Å². The third kappa shape index (κ3) is 6.08. The molecule has 24 heavy (non-hydrogen) atoms. The molecule has 1 aromatic rings. The van der Waals surface area contributed by atoms with Gasteiger partial charge in [-0.25, -0.2) is 0 Å². The number of nitrogens with one attached hydrogen (secondary N) is 2. The number of rotatable bonds is 8. The minimum atomic E-state index is 0.382. The van der Waals surface area contributed by atoms with Gasteiger partial charge in [0.05, 0.1) is 0 Å². The molecular weight excluding hydrogens is 312 g/mol. The summed E-state index contributed by atoms with van der Waals surface area (Å²) in [5.41, 5.74) is 3.96. The Bertz CT molecular complexity index is 496. The molecular formula is C21H36N2S. The number of hydrogen-bond acceptors (Lipinski definition) is 1. The summed E-state index contributed by atoms with van der Waals surface area (Å²) < 4.78 is 0. The maximum Gasteiger partial charge on any atom is 0.171 e. The van der Waals surface area contributed by atoms with E-state index in [2.05, 4.69) is 77.3 Å². The van der Waals surface area contributed by atoms with Gasteiger partial charge in [0.15, 0.2) is 5.11 Å². The van der Waals surface area contributed by atoms with Crippen molar-refractivity contribution in [3.63, 3.8) is 0 Å². The van der Waals surface area contributed by atoms with Gasteiger partial charge in [0.2, 0.25) is 0 Å². The second-order valence-electron chi connectivity index (χ2n) is 7.56. The predicted molar refractivity (Wildman–Crippen MR) is 112 cm³/mol. The lowest BCUT2D eigenvalue weighted by molar-refractivity contribution is 0.492. The molecule has 3 unspecified atom stereocenters. The van der Waals surface area contributed by atoms with E-state index >= 15 is 0 Å². The Morgan fingerprint density at radius 3 is 1.88 bits per heavy atom. The Labute approximate surface area is 154 Å². The first-order valence-electron chi connectivity index (χ1n) is 9.50. The summed E-state index contributed by atoms with van der Waals surface area (Å²) in [7, 11) is 0. The van der Waals surface area contributed by atoms with E-state index in [1.165, 1.54) is 16.8 Å². The standard InChI is InChI=1S/C21H36N2S/c1-8-15(5)18-11-10-12-19(16(6)9-2)20(18)23-21(24)22-17(7)13-14(3)4/h10-12,14-17H,8-9,13H2,1-7H3,(H2,22,23,24). The quantitative estimate of drug-likeness (QED) is 0.529. The molecule has 0 aliphatic carbocycles. The highest BCUT2D eigenvalue weighted by molar-refractivity contribution is 7.80. The molecule has 0 radical (unpaired) electrons. The van der Waals surface area contributed by atoms with Crippen molar-refractivity contribution < 1.29 is 0 Å². The van der Waals surface area contributed by atoms with E-state index in [-0.39, 0.29) is 0 Å². The van der Waals surface area contributed by atoms with Crippen LogP contribution in [0.25, 0.3) is 0 Å². The van der Waals surface area contributed by atoms with Crippen molar-refractivity contribution in [3.8, 4) is 0 Å². The van der Waals surface area contributed by atoms with Gasteiger partial charge in [-0.1, -0.05) is 59.7 Å². The van der Waals surface area contributed by atoms with Gasteiger partial charge in [0.1, 0.15) is 0 Å². The first-order chi connectivity index (χ1) is 11.3. The number of para-hydroxylation sites is 1. The molecule has 1 rings (SSSR count). The molecule has 0 amide bonds. The third-order valence-electron chi connectivity index (χ3n) is 4.86. The van der Waals surface area contributed by atoms with Crippen molar-refractivity contribution >= 4 is 23.0 Å². The van der Waals surface area contributed by atoms with E-state index in [4.69, 9.17) is 12.2 Å². The maximum absolute atomic E-state index is 5.61. The monoisotopic (exact) mass is 348 g/mol. The summed E-state index contributed by atoms with van der Waals surface area (Å²) in [5, 5.41) is 7.72. The second kappa shape index (κ2) is 10.0. The van der Waals surface area contributed by atoms with Gasteiger partial charge in [-0.05, 0) is 67.3 Å². The molecule has 0 bridgehead atoms. The molecule has 2 nitrogen and oxygen atoms in total. The van der Waals surface area contributed by atoms with Crippen molar-refractivity contribution in [2.24, 2.45) is 5.92 Å². The van der Waals surface area contributed by atoms with Crippen LogP contribution in [0.2, 0.25) is 0 Å². The lowest BCUT2D eigenvalue weighted by Gasteiger charge is -2.25. The number of anilines is 1. The summed E-state index contributed by atoms with van der Waals surface area (Å²) in [6.45, 7) is 15.8. The van der Waals surface area contributed by atoms with E-state index in [0.717, 1.165) is 24.4 Å². The van der Waals surface area contributed by atoms with Crippen LogP contribution in [0.4, 0.5) is 5.69 Å². The summed E-state index contributed by atoms with van der Waals surface area (Å²) >= 11 is 5.61. The first kappa shape index (κ1) is 21.0. The maximum atomic E-state index is 5.61. The second-order valence-corrected chi connectivity index (χ2v) is 7.97. The normalized spacial score (nSPS) is 15.0. The average molecular weight is 349 g/mol. The van der Waals surface area contributed by atoms with Gasteiger partial charge in [-0.3, -0.25) is 0 Å². The third-order valence-corrected chi connectivity index (χ3v) is 5.08. The van der Waals surface area contributed by atoms with E-state index in [1.54, 1.807) is 0 Å². The highest BCUT2D eigenvalue weighted by atomic mass is 32.1. The molecule has 0 aliphatic rings. The van der Waals surface area contributed by atoms with Gasteiger partial charge in [-0.2, -0.15) is 0 Å². The molecule has 2 N–H and O–H groups in total. The van der Waals surface area contributed by atoms with Crippen molar-refractivity contribution in [2.75, 3.05) is 5.32 Å². The van der Waals surface area contributed by atoms with Gasteiger partial charge in [0.25, 0.3) is 0 Å². The number of hydrogen-bond donors (Lipinski definition) is 2. The molecule has 0 aromatic heterocycles. The van der Waals surface area contributed by atoms with E-state index in [0.29, 0.717) is 23.8 Å². The van der Waals surface area contributed by atoms with Crippen molar-refractivity contribution in [1.29, 1.82) is 0 Å². The Balaban J connectivity index is 3.04. The van der Waals surface area contributed by atoms with Crippen LogP contribution in [0.5, 0.6) is 0 Å². The highest BCUT2D eigenvalue weighted by Gasteiger charge is 2.17. The zero-order valence-corrected chi connectivity index (χ0v) is 17.4. The van der Waals surface area contributed by atoms with Crippen LogP contribution in [0.15, 0.2) is 18.2 Å². The molecule has 0 heterocycles. The van der Waals surface area contributed by atoms with E-state index in [9.17, 15) is 0 Å². The minimum absolute atomic E-state index is 0.382. The fourth-order valence-electron chi connectivity index (χ4n) is 3.13. The van der Waals surface area contributed by atoms with Crippen LogP contribution < -0.4 is 10.6 Å². The first-order valence-corrected chi connectivity index (χ1v) is 9.91. The number of benzene rings is 1. The van der Waals surface area contributed by atoms with Gasteiger partial charge in [-0.15, -0.1) is 0 Å². The molecule has 3 heteroatoms. The molecule has 0 saturated heterocycles. The fraction of sp³-hybridized carbons (Fsp3) is 0.667. The summed E-state index contributed by atoms with van der Waals surface area (Å²) in [6, 6.07) is 7.05. The average Bonchev–Trinajstić information content (AvgIpc) is 2.52. The Morgan fingerprint density at radius 1 is 0.958 bits per heavy atom. The van der Waals surface area contributed by atoms with Gasteiger partial charge >= 0.3 is 0 Å². The topological polar surface area (TPSA) is 24.1 Å². The van der Waals surface area contributed by atoms with Crippen LogP contribution >= 0.6 is 12.2 Å². The summed E-state index contributed by atoms with van der Waals surface area (Å²) in [6.07, 6.45) is 3.37. The minimum Gasteiger partial charge on any atom is -0.360 e. The van der Waals surface area contributed by atoms with Crippen molar-refractivity contribution in [3.05, 3.63) is 29.3 Å². The SMILES string of the molecule is CCC(C)c1cccc(C(C)CC)c1NC(=S)NC(C)CC(C)C. The lowest BCUT2D eigenvalue weighted by atomic mass is 9.89. The largest absolute Gasteiger partial charge is 0.360 e. The molecule has 3 atom stereocenters. The Morgan fingerprint density at radius 2 is 1.46 bits per heavy atom. The zero-order valence-electron chi connectivity index (χ0n) is 16.6. The van der Waals surface area contributed by atoms with Crippen LogP contribution in [-0.2, 0) is 0 Å². The highest BCUT2D eigenvalue weighted by Crippen LogP contribution is 2.35. The molecule has 0 fully saturated rings. The van der Waals surface area contributed by atoms with Crippen molar-refractivity contribution in [1.82, 2.24) is 5.32 Å². The smallest absolute Gasteiger partial charge is 0.171 e. The molecule has 0 aliphatic heterocycles. The van der Waals surface area contributed by atoms with Crippen LogP contribution in [-0.4, -0.2) is 11.2 Å². The number of thiocarbonyl (C=S) groups is 1. The predicted octanol–water partition coefficient (Wildman–Crippen LogP) is 6.43. The fourth-order valence-corrected chi connectivity index (χ4v) is 3.44. The molecule has 0 spiro atoms. The van der Waals surface area contributed by atoms with Crippen LogP contribution in [0.3, 0.4) is 0 Å². The zero-order chi connectivity index (χ0) is 18.3. The van der Waals surface area contributed by atoms with Gasteiger partial charge in [0, 0.05) is 11.7 Å². The van der Waals surface area contributed by atoms with Crippen molar-refractivity contribution in [2.45, 2.75) is 85.6 Å².